The number of fused-ring (bicyclic) bond motifs is 1. The van der Waals surface area contributed by atoms with Crippen LogP contribution in [0.1, 0.15) is 41.7 Å². The van der Waals surface area contributed by atoms with Gasteiger partial charge in [-0.2, -0.15) is 18.3 Å². The van der Waals surface area contributed by atoms with Gasteiger partial charge in [-0.25, -0.2) is 9.67 Å². The summed E-state index contributed by atoms with van der Waals surface area (Å²) in [7, 11) is 1.57. The molecule has 0 bridgehead atoms. The third kappa shape index (κ3) is 3.59. The average Bonchev–Trinajstić information content (AvgIpc) is 2.96. The van der Waals surface area contributed by atoms with Gasteiger partial charge in [0.1, 0.15) is 12.4 Å². The van der Waals surface area contributed by atoms with Gasteiger partial charge in [0.25, 0.3) is 0 Å². The van der Waals surface area contributed by atoms with Crippen LogP contribution in [0.3, 0.4) is 0 Å². The molecule has 0 fully saturated rings. The molecule has 0 radical (unpaired) electrons. The van der Waals surface area contributed by atoms with Gasteiger partial charge in [-0.3, -0.25) is 0 Å². The van der Waals surface area contributed by atoms with E-state index in [9.17, 15) is 13.2 Å². The molecule has 2 aromatic rings. The summed E-state index contributed by atoms with van der Waals surface area (Å²) in [5.74, 6) is 1.36. The van der Waals surface area contributed by atoms with Crippen LogP contribution < -0.4 is 5.32 Å². The maximum absolute atomic E-state index is 13.1. The first-order valence-electron chi connectivity index (χ1n) is 7.80. The fourth-order valence-electron chi connectivity index (χ4n) is 2.97. The lowest BCUT2D eigenvalue weighted by atomic mass is 10.0. The maximum Gasteiger partial charge on any atom is 0.416 e. The summed E-state index contributed by atoms with van der Waals surface area (Å²) in [6.07, 6.45) is -2.63. The Bertz CT molecular complexity index is 699. The van der Waals surface area contributed by atoms with Crippen LogP contribution in [0.2, 0.25) is 0 Å². The summed E-state index contributed by atoms with van der Waals surface area (Å²) in [5.41, 5.74) is -0.367. The van der Waals surface area contributed by atoms with E-state index in [1.54, 1.807) is 13.2 Å². The normalized spacial score (nSPS) is 17.8. The zero-order valence-electron chi connectivity index (χ0n) is 13.3. The Morgan fingerprint density at radius 1 is 1.33 bits per heavy atom. The molecule has 1 aliphatic heterocycles. The monoisotopic (exact) mass is 340 g/mol. The fourth-order valence-corrected chi connectivity index (χ4v) is 2.97. The van der Waals surface area contributed by atoms with Crippen LogP contribution >= 0.6 is 0 Å². The number of hydrogen-bond acceptors (Lipinski definition) is 4. The molecule has 8 heteroatoms. The molecule has 1 aromatic heterocycles. The number of nitrogens with zero attached hydrogens (tertiary/aromatic N) is 3. The Labute approximate surface area is 137 Å². The Balaban J connectivity index is 1.75. The van der Waals surface area contributed by atoms with Crippen LogP contribution in [-0.4, -0.2) is 21.9 Å². The van der Waals surface area contributed by atoms with Crippen molar-refractivity contribution in [2.24, 2.45) is 0 Å². The molecular formula is C16H19F3N4O. The van der Waals surface area contributed by atoms with E-state index in [1.807, 2.05) is 4.68 Å². The van der Waals surface area contributed by atoms with Crippen molar-refractivity contribution in [1.29, 1.82) is 0 Å². The largest absolute Gasteiger partial charge is 0.416 e. The van der Waals surface area contributed by atoms with Crippen LogP contribution in [0.15, 0.2) is 24.3 Å². The highest BCUT2D eigenvalue weighted by atomic mass is 19.4. The lowest BCUT2D eigenvalue weighted by Crippen LogP contribution is -2.29. The maximum atomic E-state index is 13.1. The first-order valence-corrected chi connectivity index (χ1v) is 7.80. The minimum atomic E-state index is -4.35. The summed E-state index contributed by atoms with van der Waals surface area (Å²) in [4.78, 5) is 4.45. The quantitative estimate of drug-likeness (QED) is 0.909. The third-order valence-corrected chi connectivity index (χ3v) is 4.05. The van der Waals surface area contributed by atoms with Crippen LogP contribution in [-0.2, 0) is 30.6 Å². The predicted octanol–water partition coefficient (Wildman–Crippen LogP) is 3.07. The topological polar surface area (TPSA) is 52.0 Å². The van der Waals surface area contributed by atoms with Crippen molar-refractivity contribution in [2.45, 2.75) is 44.8 Å². The van der Waals surface area contributed by atoms with E-state index in [0.717, 1.165) is 31.3 Å². The molecule has 0 unspecified atom stereocenters. The van der Waals surface area contributed by atoms with E-state index >= 15 is 0 Å². The lowest BCUT2D eigenvalue weighted by molar-refractivity contribution is -0.138. The van der Waals surface area contributed by atoms with Gasteiger partial charge in [0.05, 0.1) is 11.6 Å². The minimum absolute atomic E-state index is 0.113. The van der Waals surface area contributed by atoms with Crippen LogP contribution in [0.25, 0.3) is 0 Å². The molecule has 0 saturated heterocycles. The number of rotatable bonds is 5. The summed E-state index contributed by atoms with van der Waals surface area (Å²) < 4.78 is 46.1. The number of aromatic nitrogens is 3. The number of hydrogen-bond donors (Lipinski definition) is 1. The molecule has 1 aliphatic rings. The van der Waals surface area contributed by atoms with E-state index in [4.69, 9.17) is 4.74 Å². The highest BCUT2D eigenvalue weighted by molar-refractivity contribution is 5.29. The summed E-state index contributed by atoms with van der Waals surface area (Å²) >= 11 is 0. The fraction of sp³-hybridized carbons (Fsp3) is 0.500. The highest BCUT2D eigenvalue weighted by Gasteiger charge is 2.33. The van der Waals surface area contributed by atoms with E-state index in [1.165, 1.54) is 12.1 Å². The zero-order chi connectivity index (χ0) is 17.2. The first kappa shape index (κ1) is 16.9. The number of nitrogens with one attached hydrogen (secondary N) is 1. The molecule has 0 saturated carbocycles. The van der Waals surface area contributed by atoms with Gasteiger partial charge in [-0.1, -0.05) is 18.2 Å². The molecule has 0 aliphatic carbocycles. The molecule has 5 nitrogen and oxygen atoms in total. The van der Waals surface area contributed by atoms with Crippen molar-refractivity contribution in [3.8, 4) is 0 Å². The number of halogens is 3. The van der Waals surface area contributed by atoms with Gasteiger partial charge in [0.15, 0.2) is 5.82 Å². The summed E-state index contributed by atoms with van der Waals surface area (Å²) in [6, 6.07) is 5.52. The van der Waals surface area contributed by atoms with Crippen molar-refractivity contribution >= 4 is 0 Å². The van der Waals surface area contributed by atoms with Crippen molar-refractivity contribution in [2.75, 3.05) is 7.11 Å². The zero-order valence-corrected chi connectivity index (χ0v) is 13.3. The molecule has 130 valence electrons. The molecule has 1 atom stereocenters. The van der Waals surface area contributed by atoms with Gasteiger partial charge in [0.2, 0.25) is 0 Å². The average molecular weight is 340 g/mol. The van der Waals surface area contributed by atoms with E-state index in [-0.39, 0.29) is 18.2 Å². The van der Waals surface area contributed by atoms with E-state index < -0.39 is 11.7 Å². The van der Waals surface area contributed by atoms with Gasteiger partial charge in [-0.15, -0.1) is 0 Å². The first-order chi connectivity index (χ1) is 11.5. The van der Waals surface area contributed by atoms with Gasteiger partial charge in [-0.05, 0) is 24.5 Å². The van der Waals surface area contributed by atoms with Crippen LogP contribution in [0, 0.1) is 0 Å². The molecule has 0 amide bonds. The molecule has 1 aromatic carbocycles. The molecular weight excluding hydrogens is 321 g/mol. The van der Waals surface area contributed by atoms with Gasteiger partial charge < -0.3 is 10.1 Å². The Morgan fingerprint density at radius 3 is 2.88 bits per heavy atom. The standard InChI is InChI=1S/C16H19F3N4O/c1-24-10-14-21-15-13(7-4-8-23(15)22-14)20-9-11-5-2-3-6-12(11)16(17,18)19/h2-3,5-6,13,20H,4,7-10H2,1H3/t13-/m1/s1. The number of ether oxygens (including phenoxy) is 1. The Morgan fingerprint density at radius 2 is 2.12 bits per heavy atom. The van der Waals surface area contributed by atoms with E-state index in [0.29, 0.717) is 12.4 Å². The minimum Gasteiger partial charge on any atom is -0.377 e. The third-order valence-electron chi connectivity index (χ3n) is 4.05. The number of methoxy groups -OCH3 is 1. The second kappa shape index (κ2) is 6.90. The number of benzene rings is 1. The van der Waals surface area contributed by atoms with Crippen molar-refractivity contribution in [1.82, 2.24) is 20.1 Å². The molecule has 0 spiro atoms. The van der Waals surface area contributed by atoms with E-state index in [2.05, 4.69) is 15.4 Å². The lowest BCUT2D eigenvalue weighted by Gasteiger charge is -2.24. The van der Waals surface area contributed by atoms with Gasteiger partial charge >= 0.3 is 6.18 Å². The number of alkyl halides is 3. The molecule has 2 heterocycles. The summed E-state index contributed by atoms with van der Waals surface area (Å²) in [6.45, 7) is 1.22. The van der Waals surface area contributed by atoms with Crippen LogP contribution in [0.4, 0.5) is 13.2 Å². The number of aryl methyl sites for hydroxylation is 1. The molecule has 3 rings (SSSR count). The second-order valence-electron chi connectivity index (χ2n) is 5.77. The predicted molar refractivity (Wildman–Crippen MR) is 81.0 cm³/mol. The van der Waals surface area contributed by atoms with Gasteiger partial charge in [0, 0.05) is 20.2 Å². The Hall–Kier alpha value is -1.93. The highest BCUT2D eigenvalue weighted by Crippen LogP contribution is 2.32. The van der Waals surface area contributed by atoms with Crippen molar-refractivity contribution < 1.29 is 17.9 Å². The second-order valence-corrected chi connectivity index (χ2v) is 5.77. The van der Waals surface area contributed by atoms with Crippen molar-refractivity contribution in [3.05, 3.63) is 47.0 Å². The SMILES string of the molecule is COCc1nc2n(n1)CCC[C@H]2NCc1ccccc1C(F)(F)F. The Kier molecular flexibility index (Phi) is 4.86. The molecule has 24 heavy (non-hydrogen) atoms. The molecule has 1 N–H and O–H groups in total. The van der Waals surface area contributed by atoms with Crippen molar-refractivity contribution in [3.63, 3.8) is 0 Å². The summed E-state index contributed by atoms with van der Waals surface area (Å²) in [5, 5.41) is 7.56. The smallest absolute Gasteiger partial charge is 0.377 e. The van der Waals surface area contributed by atoms with Crippen LogP contribution in [0.5, 0.6) is 0 Å².